The zero-order valence-electron chi connectivity index (χ0n) is 7.60. The van der Waals surface area contributed by atoms with Gasteiger partial charge in [-0.1, -0.05) is 0 Å². The molecule has 0 saturated heterocycles. The maximum atomic E-state index is 11.1. The van der Waals surface area contributed by atoms with Gasteiger partial charge in [-0.3, -0.25) is 14.3 Å². The molecule has 1 aromatic heterocycles. The van der Waals surface area contributed by atoms with Gasteiger partial charge in [-0.15, -0.1) is 0 Å². The van der Waals surface area contributed by atoms with E-state index in [0.29, 0.717) is 5.69 Å². The first kappa shape index (κ1) is 9.97. The van der Waals surface area contributed by atoms with Gasteiger partial charge in [0.25, 0.3) is 0 Å². The van der Waals surface area contributed by atoms with E-state index in [9.17, 15) is 9.59 Å². The molecular weight excluding hydrogens is 184 g/mol. The predicted molar refractivity (Wildman–Crippen MR) is 50.2 cm³/mol. The molecule has 3 N–H and O–H groups in total. The molecule has 1 aromatic rings. The second-order valence-corrected chi connectivity index (χ2v) is 2.63. The SMILES string of the molecule is Cn1cc(NC(=O)/C=C/C(N)=O)cn1. The van der Waals surface area contributed by atoms with E-state index in [4.69, 9.17) is 5.73 Å². The maximum absolute atomic E-state index is 11.1. The van der Waals surface area contributed by atoms with Crippen molar-refractivity contribution in [1.29, 1.82) is 0 Å². The van der Waals surface area contributed by atoms with Crippen LogP contribution in [-0.4, -0.2) is 21.6 Å². The van der Waals surface area contributed by atoms with Crippen molar-refractivity contribution >= 4 is 17.5 Å². The third-order valence-electron chi connectivity index (χ3n) is 1.37. The Labute approximate surface area is 80.4 Å². The summed E-state index contributed by atoms with van der Waals surface area (Å²) >= 11 is 0. The highest BCUT2D eigenvalue weighted by Crippen LogP contribution is 2.02. The van der Waals surface area contributed by atoms with Crippen LogP contribution < -0.4 is 11.1 Å². The third kappa shape index (κ3) is 3.10. The van der Waals surface area contributed by atoms with E-state index in [1.54, 1.807) is 17.9 Å². The maximum Gasteiger partial charge on any atom is 0.248 e. The topological polar surface area (TPSA) is 90.0 Å². The van der Waals surface area contributed by atoms with Gasteiger partial charge >= 0.3 is 0 Å². The molecule has 0 aliphatic carbocycles. The summed E-state index contributed by atoms with van der Waals surface area (Å²) in [6.07, 6.45) is 5.19. The Morgan fingerprint density at radius 1 is 1.57 bits per heavy atom. The molecule has 0 aliphatic heterocycles. The van der Waals surface area contributed by atoms with E-state index >= 15 is 0 Å². The molecule has 0 bridgehead atoms. The number of nitrogens with zero attached hydrogens (tertiary/aromatic N) is 2. The van der Waals surface area contributed by atoms with Gasteiger partial charge in [-0.25, -0.2) is 0 Å². The van der Waals surface area contributed by atoms with Gasteiger partial charge in [0.15, 0.2) is 0 Å². The lowest BCUT2D eigenvalue weighted by atomic mass is 10.4. The average molecular weight is 194 g/mol. The first-order chi connectivity index (χ1) is 6.58. The second-order valence-electron chi connectivity index (χ2n) is 2.63. The first-order valence-corrected chi connectivity index (χ1v) is 3.85. The Bertz CT molecular complexity index is 380. The van der Waals surface area contributed by atoms with Gasteiger partial charge in [0.2, 0.25) is 11.8 Å². The van der Waals surface area contributed by atoms with Crippen LogP contribution in [0.25, 0.3) is 0 Å². The number of aryl methyl sites for hydroxylation is 1. The van der Waals surface area contributed by atoms with Crippen LogP contribution in [0.4, 0.5) is 5.69 Å². The van der Waals surface area contributed by atoms with Crippen LogP contribution in [0.3, 0.4) is 0 Å². The van der Waals surface area contributed by atoms with Gasteiger partial charge in [0, 0.05) is 25.4 Å². The summed E-state index contributed by atoms with van der Waals surface area (Å²) in [5, 5.41) is 6.35. The van der Waals surface area contributed by atoms with Crippen LogP contribution in [0.1, 0.15) is 0 Å². The van der Waals surface area contributed by atoms with Crippen molar-refractivity contribution in [3.63, 3.8) is 0 Å². The van der Waals surface area contributed by atoms with Crippen LogP contribution in [0.15, 0.2) is 24.5 Å². The molecule has 6 heteroatoms. The number of carbonyl (C=O) groups is 2. The Morgan fingerprint density at radius 3 is 2.79 bits per heavy atom. The molecular formula is C8H10N4O2. The molecule has 0 aromatic carbocycles. The molecule has 14 heavy (non-hydrogen) atoms. The fourth-order valence-electron chi connectivity index (χ4n) is 0.828. The molecule has 0 unspecified atom stereocenters. The second kappa shape index (κ2) is 4.22. The highest BCUT2D eigenvalue weighted by molar-refractivity contribution is 6.02. The molecule has 74 valence electrons. The fraction of sp³-hybridized carbons (Fsp3) is 0.125. The summed E-state index contributed by atoms with van der Waals surface area (Å²) in [4.78, 5) is 21.4. The Morgan fingerprint density at radius 2 is 2.29 bits per heavy atom. The molecule has 0 fully saturated rings. The number of hydrogen-bond acceptors (Lipinski definition) is 3. The molecule has 2 amide bonds. The van der Waals surface area contributed by atoms with Crippen LogP contribution in [0.5, 0.6) is 0 Å². The van der Waals surface area contributed by atoms with Crippen LogP contribution in [0.2, 0.25) is 0 Å². The number of hydrogen-bond donors (Lipinski definition) is 2. The number of anilines is 1. The average Bonchev–Trinajstić information content (AvgIpc) is 2.48. The molecule has 0 saturated carbocycles. The lowest BCUT2D eigenvalue weighted by molar-refractivity contribution is -0.115. The van der Waals surface area contributed by atoms with Gasteiger partial charge in [0.1, 0.15) is 0 Å². The predicted octanol–water partition coefficient (Wildman–Crippen LogP) is -0.600. The van der Waals surface area contributed by atoms with Crippen LogP contribution in [0, 0.1) is 0 Å². The monoisotopic (exact) mass is 194 g/mol. The summed E-state index contributed by atoms with van der Waals surface area (Å²) in [5.74, 6) is -1.08. The van der Waals surface area contributed by atoms with Crippen LogP contribution in [-0.2, 0) is 16.6 Å². The minimum absolute atomic E-state index is 0.420. The van der Waals surface area contributed by atoms with E-state index in [1.807, 2.05) is 0 Å². The lowest BCUT2D eigenvalue weighted by Crippen LogP contribution is -2.11. The lowest BCUT2D eigenvalue weighted by Gasteiger charge is -1.94. The van der Waals surface area contributed by atoms with Crippen molar-refractivity contribution in [3.8, 4) is 0 Å². The number of nitrogens with one attached hydrogen (secondary N) is 1. The van der Waals surface area contributed by atoms with Gasteiger partial charge in [-0.2, -0.15) is 5.10 Å². The Balaban J connectivity index is 2.53. The summed E-state index contributed by atoms with van der Waals surface area (Å²) in [5.41, 5.74) is 5.38. The molecule has 6 nitrogen and oxygen atoms in total. The van der Waals surface area contributed by atoms with E-state index in [0.717, 1.165) is 12.2 Å². The smallest absolute Gasteiger partial charge is 0.248 e. The summed E-state index contributed by atoms with van der Waals surface area (Å²) in [6.45, 7) is 0. The van der Waals surface area contributed by atoms with Crippen molar-refractivity contribution in [2.75, 3.05) is 5.32 Å². The van der Waals surface area contributed by atoms with Crippen molar-refractivity contribution in [2.45, 2.75) is 0 Å². The van der Waals surface area contributed by atoms with E-state index in [2.05, 4.69) is 10.4 Å². The molecule has 0 atom stereocenters. The van der Waals surface area contributed by atoms with Crippen molar-refractivity contribution < 1.29 is 9.59 Å². The number of primary amides is 1. The zero-order chi connectivity index (χ0) is 10.6. The number of aromatic nitrogens is 2. The molecule has 0 radical (unpaired) electrons. The molecule has 0 aliphatic rings. The van der Waals surface area contributed by atoms with Crippen molar-refractivity contribution in [1.82, 2.24) is 9.78 Å². The van der Waals surface area contributed by atoms with Gasteiger partial charge < -0.3 is 11.1 Å². The Kier molecular flexibility index (Phi) is 3.01. The van der Waals surface area contributed by atoms with E-state index in [-0.39, 0.29) is 0 Å². The molecule has 0 spiro atoms. The largest absolute Gasteiger partial charge is 0.366 e. The van der Waals surface area contributed by atoms with Gasteiger partial charge in [-0.05, 0) is 0 Å². The number of rotatable bonds is 3. The zero-order valence-corrected chi connectivity index (χ0v) is 7.60. The quantitative estimate of drug-likeness (QED) is 0.629. The number of nitrogens with two attached hydrogens (primary N) is 1. The van der Waals surface area contributed by atoms with Crippen molar-refractivity contribution in [3.05, 3.63) is 24.5 Å². The van der Waals surface area contributed by atoms with Gasteiger partial charge in [0.05, 0.1) is 11.9 Å². The van der Waals surface area contributed by atoms with Crippen LogP contribution >= 0.6 is 0 Å². The summed E-state index contributed by atoms with van der Waals surface area (Å²) in [6, 6.07) is 0. The molecule has 1 rings (SSSR count). The standard InChI is InChI=1S/C8H10N4O2/c1-12-5-6(4-10-12)11-8(14)3-2-7(9)13/h2-5H,1H3,(H2,9,13)(H,11,14)/b3-2+. The first-order valence-electron chi connectivity index (χ1n) is 3.85. The Hall–Kier alpha value is -2.11. The van der Waals surface area contributed by atoms with E-state index in [1.165, 1.54) is 6.20 Å². The van der Waals surface area contributed by atoms with E-state index < -0.39 is 11.8 Å². The highest BCUT2D eigenvalue weighted by Gasteiger charge is 1.99. The summed E-state index contributed by atoms with van der Waals surface area (Å²) < 4.78 is 1.55. The third-order valence-corrected chi connectivity index (χ3v) is 1.37. The number of carbonyl (C=O) groups excluding carboxylic acids is 2. The molecule has 1 heterocycles. The van der Waals surface area contributed by atoms with Crippen molar-refractivity contribution in [2.24, 2.45) is 12.8 Å². The fourth-order valence-corrected chi connectivity index (χ4v) is 0.828. The minimum atomic E-state index is -0.661. The normalized spacial score (nSPS) is 10.4. The number of amides is 2. The highest BCUT2D eigenvalue weighted by atomic mass is 16.2. The summed E-state index contributed by atoms with van der Waals surface area (Å²) in [7, 11) is 1.73. The minimum Gasteiger partial charge on any atom is -0.366 e.